The van der Waals surface area contributed by atoms with Gasteiger partial charge in [-0.05, 0) is 32.4 Å². The topological polar surface area (TPSA) is 70.0 Å². The van der Waals surface area contributed by atoms with E-state index >= 15 is 0 Å². The minimum absolute atomic E-state index is 0.0200. The molecule has 0 bridgehead atoms. The Kier molecular flexibility index (Phi) is 4.53. The van der Waals surface area contributed by atoms with Crippen LogP contribution in [0.15, 0.2) is 23.8 Å². The Balaban J connectivity index is 2.50. The molecule has 0 aromatic heterocycles. The largest absolute Gasteiger partial charge is 0.507 e. The van der Waals surface area contributed by atoms with Crippen LogP contribution in [-0.2, 0) is 9.53 Å². The van der Waals surface area contributed by atoms with Crippen molar-refractivity contribution in [3.63, 3.8) is 0 Å². The van der Waals surface area contributed by atoms with Gasteiger partial charge in [-0.3, -0.25) is 4.79 Å². The van der Waals surface area contributed by atoms with Gasteiger partial charge in [0.25, 0.3) is 0 Å². The molecule has 1 heterocycles. The van der Waals surface area contributed by atoms with Crippen LogP contribution < -0.4 is 4.90 Å². The number of aliphatic hydroxyl groups excluding tert-OH is 2. The second-order valence-corrected chi connectivity index (χ2v) is 4.98. The average Bonchev–Trinajstić information content (AvgIpc) is 2.44. The van der Waals surface area contributed by atoms with E-state index in [-0.39, 0.29) is 24.4 Å². The molecule has 21 heavy (non-hydrogen) atoms. The maximum Gasteiger partial charge on any atom is 0.310 e. The summed E-state index contributed by atoms with van der Waals surface area (Å²) >= 11 is 0. The molecule has 5 heteroatoms. The second kappa shape index (κ2) is 6.18. The number of nitrogens with zero attached hydrogens (tertiary/aromatic N) is 1. The SMILES string of the molecule is CCOC(=O)CC1=C(O)c2c(C)cccc2N(CC)C1O. The number of esters is 1. The Morgan fingerprint density at radius 2 is 2.10 bits per heavy atom. The van der Waals surface area contributed by atoms with Gasteiger partial charge in [0.2, 0.25) is 0 Å². The third-order valence-electron chi connectivity index (χ3n) is 3.69. The molecule has 1 aliphatic heterocycles. The zero-order valence-electron chi connectivity index (χ0n) is 12.6. The molecule has 0 aliphatic carbocycles. The van der Waals surface area contributed by atoms with Crippen LogP contribution in [0.5, 0.6) is 0 Å². The fourth-order valence-corrected chi connectivity index (χ4v) is 2.69. The van der Waals surface area contributed by atoms with E-state index in [1.165, 1.54) is 0 Å². The van der Waals surface area contributed by atoms with Crippen LogP contribution in [-0.4, -0.2) is 35.6 Å². The number of rotatable bonds is 4. The molecule has 1 aromatic rings. The van der Waals surface area contributed by atoms with Crippen molar-refractivity contribution in [2.75, 3.05) is 18.1 Å². The summed E-state index contributed by atoms with van der Waals surface area (Å²) in [6.07, 6.45) is -1.14. The predicted molar refractivity (Wildman–Crippen MR) is 81.0 cm³/mol. The number of carbonyl (C=O) groups is 1. The van der Waals surface area contributed by atoms with Crippen LogP contribution in [0, 0.1) is 6.92 Å². The van der Waals surface area contributed by atoms with Gasteiger partial charge in [0.15, 0.2) is 6.23 Å². The Labute approximate surface area is 124 Å². The smallest absolute Gasteiger partial charge is 0.310 e. The molecule has 114 valence electrons. The summed E-state index contributed by atoms with van der Waals surface area (Å²) in [5.74, 6) is -0.473. The van der Waals surface area contributed by atoms with E-state index in [4.69, 9.17) is 4.74 Å². The molecule has 1 unspecified atom stereocenters. The number of anilines is 1. The summed E-state index contributed by atoms with van der Waals surface area (Å²) < 4.78 is 4.91. The Morgan fingerprint density at radius 3 is 2.71 bits per heavy atom. The highest BCUT2D eigenvalue weighted by molar-refractivity contribution is 5.85. The molecule has 0 amide bonds. The Hall–Kier alpha value is -2.01. The summed E-state index contributed by atoms with van der Waals surface area (Å²) in [6, 6.07) is 5.63. The molecule has 1 aliphatic rings. The van der Waals surface area contributed by atoms with Crippen molar-refractivity contribution >= 4 is 17.4 Å². The minimum atomic E-state index is -1.02. The van der Waals surface area contributed by atoms with Crippen LogP contribution in [0.3, 0.4) is 0 Å². The van der Waals surface area contributed by atoms with Crippen LogP contribution in [0.4, 0.5) is 5.69 Å². The number of hydrogen-bond donors (Lipinski definition) is 2. The zero-order chi connectivity index (χ0) is 15.6. The van der Waals surface area contributed by atoms with Gasteiger partial charge in [-0.15, -0.1) is 0 Å². The quantitative estimate of drug-likeness (QED) is 0.833. The summed E-state index contributed by atoms with van der Waals surface area (Å²) in [5, 5.41) is 20.9. The molecule has 2 rings (SSSR count). The normalized spacial score (nSPS) is 17.7. The van der Waals surface area contributed by atoms with Crippen LogP contribution in [0.1, 0.15) is 31.4 Å². The van der Waals surface area contributed by atoms with Gasteiger partial charge in [0.1, 0.15) is 5.76 Å². The van der Waals surface area contributed by atoms with E-state index in [9.17, 15) is 15.0 Å². The van der Waals surface area contributed by atoms with E-state index < -0.39 is 12.2 Å². The minimum Gasteiger partial charge on any atom is -0.507 e. The zero-order valence-corrected chi connectivity index (χ0v) is 12.6. The first kappa shape index (κ1) is 15.4. The van der Waals surface area contributed by atoms with E-state index in [0.717, 1.165) is 11.3 Å². The third-order valence-corrected chi connectivity index (χ3v) is 3.69. The number of likely N-dealkylation sites (N-methyl/N-ethyl adjacent to an activating group) is 1. The molecular weight excluding hydrogens is 270 g/mol. The van der Waals surface area contributed by atoms with Crippen LogP contribution >= 0.6 is 0 Å². The van der Waals surface area contributed by atoms with Gasteiger partial charge < -0.3 is 19.8 Å². The van der Waals surface area contributed by atoms with Gasteiger partial charge in [-0.25, -0.2) is 0 Å². The Bertz CT molecular complexity index is 580. The number of fused-ring (bicyclic) bond motifs is 1. The molecule has 0 spiro atoms. The lowest BCUT2D eigenvalue weighted by Gasteiger charge is -2.36. The summed E-state index contributed by atoms with van der Waals surface area (Å²) in [4.78, 5) is 13.5. The van der Waals surface area contributed by atoms with Crippen molar-refractivity contribution in [1.82, 2.24) is 0 Å². The van der Waals surface area contributed by atoms with E-state index in [0.29, 0.717) is 12.1 Å². The van der Waals surface area contributed by atoms with Gasteiger partial charge in [0.05, 0.1) is 18.7 Å². The number of aliphatic hydroxyl groups is 2. The lowest BCUT2D eigenvalue weighted by molar-refractivity contribution is -0.142. The van der Waals surface area contributed by atoms with Crippen molar-refractivity contribution in [1.29, 1.82) is 0 Å². The molecule has 2 N–H and O–H groups in total. The molecule has 1 aromatic carbocycles. The Morgan fingerprint density at radius 1 is 1.38 bits per heavy atom. The third kappa shape index (κ3) is 2.74. The fourth-order valence-electron chi connectivity index (χ4n) is 2.69. The van der Waals surface area contributed by atoms with E-state index in [2.05, 4.69) is 0 Å². The monoisotopic (exact) mass is 291 g/mol. The fraction of sp³-hybridized carbons (Fsp3) is 0.438. The highest BCUT2D eigenvalue weighted by Crippen LogP contribution is 2.39. The maximum absolute atomic E-state index is 11.7. The molecule has 0 saturated heterocycles. The highest BCUT2D eigenvalue weighted by Gasteiger charge is 2.33. The number of aryl methyl sites for hydroxylation is 1. The number of hydrogen-bond acceptors (Lipinski definition) is 5. The molecule has 0 fully saturated rings. The first-order valence-electron chi connectivity index (χ1n) is 7.13. The molecule has 1 atom stereocenters. The summed E-state index contributed by atoms with van der Waals surface area (Å²) in [6.45, 7) is 6.37. The highest BCUT2D eigenvalue weighted by atomic mass is 16.5. The summed E-state index contributed by atoms with van der Waals surface area (Å²) in [7, 11) is 0. The first-order chi connectivity index (χ1) is 10.0. The molecular formula is C16H21NO4. The van der Waals surface area contributed by atoms with Crippen molar-refractivity contribution in [3.8, 4) is 0 Å². The number of benzene rings is 1. The van der Waals surface area contributed by atoms with E-state index in [1.54, 1.807) is 11.8 Å². The van der Waals surface area contributed by atoms with E-state index in [1.807, 2.05) is 32.0 Å². The maximum atomic E-state index is 11.7. The van der Waals surface area contributed by atoms with Gasteiger partial charge in [-0.1, -0.05) is 12.1 Å². The van der Waals surface area contributed by atoms with Crippen molar-refractivity contribution in [3.05, 3.63) is 34.9 Å². The molecule has 0 saturated carbocycles. The van der Waals surface area contributed by atoms with Gasteiger partial charge >= 0.3 is 5.97 Å². The van der Waals surface area contributed by atoms with Crippen molar-refractivity contribution in [2.24, 2.45) is 0 Å². The average molecular weight is 291 g/mol. The standard InChI is InChI=1S/C16H21NO4/c1-4-17-12-8-6-7-10(3)14(12)15(19)11(16(17)20)9-13(18)21-5-2/h6-8,16,19-20H,4-5,9H2,1-3H3. The van der Waals surface area contributed by atoms with Gasteiger partial charge in [0, 0.05) is 17.7 Å². The van der Waals surface area contributed by atoms with Crippen molar-refractivity contribution < 1.29 is 19.7 Å². The number of carbonyl (C=O) groups excluding carboxylic acids is 1. The second-order valence-electron chi connectivity index (χ2n) is 4.98. The number of ether oxygens (including phenoxy) is 1. The molecule has 5 nitrogen and oxygen atoms in total. The lowest BCUT2D eigenvalue weighted by atomic mass is 9.93. The van der Waals surface area contributed by atoms with Crippen molar-refractivity contribution in [2.45, 2.75) is 33.4 Å². The molecule has 0 radical (unpaired) electrons. The predicted octanol–water partition coefficient (Wildman–Crippen LogP) is 2.38. The first-order valence-corrected chi connectivity index (χ1v) is 7.13. The van der Waals surface area contributed by atoms with Gasteiger partial charge in [-0.2, -0.15) is 0 Å². The van der Waals surface area contributed by atoms with Crippen LogP contribution in [0.2, 0.25) is 0 Å². The summed E-state index contributed by atoms with van der Waals surface area (Å²) in [5.41, 5.74) is 2.63. The lowest BCUT2D eigenvalue weighted by Crippen LogP contribution is -2.41. The van der Waals surface area contributed by atoms with Crippen LogP contribution in [0.25, 0.3) is 5.76 Å².